The predicted octanol–water partition coefficient (Wildman–Crippen LogP) is 2.42. The van der Waals surface area contributed by atoms with Crippen molar-refractivity contribution in [1.82, 2.24) is 30.0 Å². The van der Waals surface area contributed by atoms with Crippen LogP contribution in [-0.4, -0.2) is 55.6 Å². The molecule has 1 aliphatic heterocycles. The normalized spacial score (nSPS) is 16.6. The van der Waals surface area contributed by atoms with Gasteiger partial charge in [0.25, 0.3) is 5.91 Å². The molecule has 0 spiro atoms. The van der Waals surface area contributed by atoms with Crippen molar-refractivity contribution in [1.29, 1.82) is 0 Å². The van der Waals surface area contributed by atoms with E-state index in [-0.39, 0.29) is 11.8 Å². The van der Waals surface area contributed by atoms with E-state index in [2.05, 4.69) is 25.1 Å². The van der Waals surface area contributed by atoms with Crippen molar-refractivity contribution < 1.29 is 14.1 Å². The number of carbonyl (C=O) groups is 1. The van der Waals surface area contributed by atoms with Crippen molar-refractivity contribution in [3.8, 4) is 17.4 Å². The molecule has 3 aromatic heterocycles. The fourth-order valence-corrected chi connectivity index (χ4v) is 3.44. The highest BCUT2D eigenvalue weighted by Crippen LogP contribution is 2.23. The van der Waals surface area contributed by atoms with E-state index in [1.165, 1.54) is 0 Å². The van der Waals surface area contributed by atoms with Crippen LogP contribution in [0.1, 0.15) is 36.0 Å². The van der Waals surface area contributed by atoms with Crippen LogP contribution < -0.4 is 4.74 Å². The minimum absolute atomic E-state index is 0.0176. The van der Waals surface area contributed by atoms with Crippen LogP contribution in [0.4, 0.5) is 0 Å². The third-order valence-corrected chi connectivity index (χ3v) is 4.81. The molecule has 0 aromatic carbocycles. The summed E-state index contributed by atoms with van der Waals surface area (Å²) in [6, 6.07) is 3.49. The van der Waals surface area contributed by atoms with Crippen LogP contribution in [0.2, 0.25) is 0 Å². The second-order valence-electron chi connectivity index (χ2n) is 6.88. The molecule has 0 bridgehead atoms. The summed E-state index contributed by atoms with van der Waals surface area (Å²) in [4.78, 5) is 31.5. The summed E-state index contributed by atoms with van der Waals surface area (Å²) < 4.78 is 10.7. The number of likely N-dealkylation sites (tertiary alicyclic amines) is 1. The fourth-order valence-electron chi connectivity index (χ4n) is 3.44. The number of hydrogen-bond acceptors (Lipinski definition) is 8. The largest absolute Gasteiger partial charge is 0.478 e. The molecule has 1 amide bonds. The minimum atomic E-state index is -0.0176. The Morgan fingerprint density at radius 2 is 2.21 bits per heavy atom. The Morgan fingerprint density at radius 1 is 1.28 bits per heavy atom. The van der Waals surface area contributed by atoms with E-state index in [9.17, 15) is 4.79 Å². The topological polar surface area (TPSA) is 107 Å². The van der Waals surface area contributed by atoms with E-state index in [0.717, 1.165) is 19.4 Å². The summed E-state index contributed by atoms with van der Waals surface area (Å²) in [7, 11) is 0. The van der Waals surface area contributed by atoms with Crippen LogP contribution >= 0.6 is 0 Å². The SMILES string of the molecule is CCOc1ccc(C(=O)N2CCCC(Cc3nc(-c4cnccn4)no3)C2)cn1. The molecule has 29 heavy (non-hydrogen) atoms. The Balaban J connectivity index is 1.38. The van der Waals surface area contributed by atoms with Gasteiger partial charge in [-0.25, -0.2) is 9.97 Å². The van der Waals surface area contributed by atoms with E-state index in [0.29, 0.717) is 48.4 Å². The fraction of sp³-hybridized carbons (Fsp3) is 0.400. The maximum Gasteiger partial charge on any atom is 0.255 e. The first kappa shape index (κ1) is 19.0. The summed E-state index contributed by atoms with van der Waals surface area (Å²) in [6.45, 7) is 3.82. The molecule has 1 unspecified atom stereocenters. The van der Waals surface area contributed by atoms with Crippen LogP contribution in [0, 0.1) is 5.92 Å². The molecule has 0 saturated carbocycles. The lowest BCUT2D eigenvalue weighted by molar-refractivity contribution is 0.0667. The van der Waals surface area contributed by atoms with Crippen LogP contribution in [0.25, 0.3) is 11.5 Å². The van der Waals surface area contributed by atoms with Gasteiger partial charge in [0.1, 0.15) is 5.69 Å². The second-order valence-corrected chi connectivity index (χ2v) is 6.88. The maximum absolute atomic E-state index is 12.8. The number of amides is 1. The van der Waals surface area contributed by atoms with E-state index in [4.69, 9.17) is 9.26 Å². The number of pyridine rings is 1. The Kier molecular flexibility index (Phi) is 5.73. The van der Waals surface area contributed by atoms with E-state index in [1.54, 1.807) is 36.9 Å². The first-order chi connectivity index (χ1) is 14.2. The summed E-state index contributed by atoms with van der Waals surface area (Å²) in [6.07, 6.45) is 8.92. The van der Waals surface area contributed by atoms with Crippen molar-refractivity contribution >= 4 is 5.91 Å². The van der Waals surface area contributed by atoms with Gasteiger partial charge in [-0.1, -0.05) is 5.16 Å². The van der Waals surface area contributed by atoms with Crippen molar-refractivity contribution in [2.24, 2.45) is 5.92 Å². The molecule has 0 aliphatic carbocycles. The van der Waals surface area contributed by atoms with Gasteiger partial charge < -0.3 is 14.2 Å². The van der Waals surface area contributed by atoms with Gasteiger partial charge >= 0.3 is 0 Å². The van der Waals surface area contributed by atoms with Gasteiger partial charge in [-0.15, -0.1) is 0 Å². The van der Waals surface area contributed by atoms with Gasteiger partial charge in [0.2, 0.25) is 17.6 Å². The molecule has 150 valence electrons. The molecule has 0 N–H and O–H groups in total. The first-order valence-corrected chi connectivity index (χ1v) is 9.70. The lowest BCUT2D eigenvalue weighted by atomic mass is 9.94. The number of hydrogen-bond donors (Lipinski definition) is 0. The summed E-state index contributed by atoms with van der Waals surface area (Å²) in [5.41, 5.74) is 1.14. The minimum Gasteiger partial charge on any atom is -0.478 e. The van der Waals surface area contributed by atoms with Crippen molar-refractivity contribution in [3.63, 3.8) is 0 Å². The lowest BCUT2D eigenvalue weighted by Gasteiger charge is -2.32. The molecule has 3 aromatic rings. The molecule has 4 rings (SSSR count). The number of rotatable bonds is 6. The number of ether oxygens (including phenoxy) is 1. The zero-order valence-corrected chi connectivity index (χ0v) is 16.2. The number of piperidine rings is 1. The quantitative estimate of drug-likeness (QED) is 0.627. The molecule has 1 aliphatic rings. The van der Waals surface area contributed by atoms with Crippen molar-refractivity contribution in [2.75, 3.05) is 19.7 Å². The van der Waals surface area contributed by atoms with Gasteiger partial charge in [0.15, 0.2) is 0 Å². The molecule has 0 radical (unpaired) electrons. The van der Waals surface area contributed by atoms with Gasteiger partial charge in [0.05, 0.1) is 18.4 Å². The molecule has 9 heteroatoms. The van der Waals surface area contributed by atoms with Crippen LogP contribution in [0.3, 0.4) is 0 Å². The third-order valence-electron chi connectivity index (χ3n) is 4.81. The molecule has 4 heterocycles. The highest BCUT2D eigenvalue weighted by atomic mass is 16.5. The predicted molar refractivity (Wildman–Crippen MR) is 103 cm³/mol. The Bertz CT molecular complexity index is 944. The average Bonchev–Trinajstić information content (AvgIpc) is 3.23. The highest BCUT2D eigenvalue weighted by molar-refractivity contribution is 5.94. The standard InChI is InChI=1S/C20H22N6O3/c1-2-28-17-6-5-15(11-23-17)20(27)26-9-3-4-14(13-26)10-18-24-19(25-29-18)16-12-21-7-8-22-16/h5-8,11-12,14H,2-4,9-10,13H2,1H3. The monoisotopic (exact) mass is 394 g/mol. The van der Waals surface area contributed by atoms with E-state index in [1.807, 2.05) is 11.8 Å². The highest BCUT2D eigenvalue weighted by Gasteiger charge is 2.26. The summed E-state index contributed by atoms with van der Waals surface area (Å²) >= 11 is 0. The smallest absolute Gasteiger partial charge is 0.255 e. The Hall–Kier alpha value is -3.36. The molecular formula is C20H22N6O3. The zero-order valence-electron chi connectivity index (χ0n) is 16.2. The maximum atomic E-state index is 12.8. The second kappa shape index (κ2) is 8.76. The van der Waals surface area contributed by atoms with Gasteiger partial charge in [-0.3, -0.25) is 9.78 Å². The van der Waals surface area contributed by atoms with E-state index >= 15 is 0 Å². The summed E-state index contributed by atoms with van der Waals surface area (Å²) in [5, 5.41) is 3.99. The summed E-state index contributed by atoms with van der Waals surface area (Å²) in [5.74, 6) is 1.75. The Morgan fingerprint density at radius 3 is 2.97 bits per heavy atom. The van der Waals surface area contributed by atoms with Crippen LogP contribution in [0.15, 0.2) is 41.4 Å². The average molecular weight is 394 g/mol. The van der Waals surface area contributed by atoms with Gasteiger partial charge in [-0.05, 0) is 31.7 Å². The van der Waals surface area contributed by atoms with Crippen LogP contribution in [-0.2, 0) is 6.42 Å². The number of carbonyl (C=O) groups excluding carboxylic acids is 1. The molecule has 1 atom stereocenters. The number of aromatic nitrogens is 5. The molecule has 1 fully saturated rings. The van der Waals surface area contributed by atoms with Crippen molar-refractivity contribution in [3.05, 3.63) is 48.4 Å². The lowest BCUT2D eigenvalue weighted by Crippen LogP contribution is -2.40. The third kappa shape index (κ3) is 4.56. The van der Waals surface area contributed by atoms with Gasteiger partial charge in [0, 0.05) is 44.2 Å². The van der Waals surface area contributed by atoms with E-state index < -0.39 is 0 Å². The van der Waals surface area contributed by atoms with Crippen LogP contribution in [0.5, 0.6) is 5.88 Å². The molecular weight excluding hydrogens is 372 g/mol. The zero-order chi connectivity index (χ0) is 20.1. The molecule has 1 saturated heterocycles. The van der Waals surface area contributed by atoms with Crippen molar-refractivity contribution in [2.45, 2.75) is 26.2 Å². The molecule has 9 nitrogen and oxygen atoms in total. The first-order valence-electron chi connectivity index (χ1n) is 9.70. The Labute approximate surface area is 168 Å². The number of nitrogens with zero attached hydrogens (tertiary/aromatic N) is 6. The van der Waals surface area contributed by atoms with Gasteiger partial charge in [-0.2, -0.15) is 4.98 Å².